The molecule has 0 amide bonds. The number of nitrogens with one attached hydrogen (secondary N) is 1. The Morgan fingerprint density at radius 3 is 2.55 bits per heavy atom. The van der Waals surface area contributed by atoms with Gasteiger partial charge in [0.15, 0.2) is 0 Å². The van der Waals surface area contributed by atoms with E-state index in [9.17, 15) is 12.8 Å². The van der Waals surface area contributed by atoms with Crippen LogP contribution in [0, 0.1) is 5.82 Å². The first-order valence-corrected chi connectivity index (χ1v) is 12.2. The van der Waals surface area contributed by atoms with Gasteiger partial charge in [-0.2, -0.15) is 0 Å². The predicted octanol–water partition coefficient (Wildman–Crippen LogP) is 4.85. The van der Waals surface area contributed by atoms with Gasteiger partial charge in [-0.25, -0.2) is 17.9 Å². The lowest BCUT2D eigenvalue weighted by molar-refractivity contribution is 0.306. The Balaban J connectivity index is 1.45. The molecule has 0 aliphatic heterocycles. The molecule has 0 saturated carbocycles. The van der Waals surface area contributed by atoms with Gasteiger partial charge < -0.3 is 10.1 Å². The highest BCUT2D eigenvalue weighted by Gasteiger charge is 2.18. The fraction of sp³-hybridized carbons (Fsp3) is 0.154. The predicted molar refractivity (Wildman–Crippen MR) is 129 cm³/mol. The van der Waals surface area contributed by atoms with Crippen molar-refractivity contribution in [1.82, 2.24) is 5.32 Å². The zero-order valence-electron chi connectivity index (χ0n) is 18.0. The van der Waals surface area contributed by atoms with E-state index in [0.717, 1.165) is 34.9 Å². The number of benzene rings is 4. The smallest absolute Gasteiger partial charge is 0.238 e. The summed E-state index contributed by atoms with van der Waals surface area (Å²) in [6.45, 7) is 1.81. The highest BCUT2D eigenvalue weighted by atomic mass is 32.2. The second-order valence-electron chi connectivity index (χ2n) is 7.74. The number of fused-ring (bicyclic) bond motifs is 1. The van der Waals surface area contributed by atoms with E-state index in [-0.39, 0.29) is 10.7 Å². The number of primary sulfonamides is 1. The fourth-order valence-corrected chi connectivity index (χ4v) is 4.57. The maximum atomic E-state index is 13.2. The van der Waals surface area contributed by atoms with Crippen molar-refractivity contribution in [3.05, 3.63) is 96.3 Å². The van der Waals surface area contributed by atoms with E-state index in [0.29, 0.717) is 24.5 Å². The number of sulfonamides is 1. The number of hydrogen-bond donors (Lipinski definition) is 2. The van der Waals surface area contributed by atoms with E-state index in [2.05, 4.69) is 5.32 Å². The molecule has 3 N–H and O–H groups in total. The van der Waals surface area contributed by atoms with Crippen LogP contribution in [0.5, 0.6) is 5.75 Å². The molecule has 0 saturated heterocycles. The lowest BCUT2D eigenvalue weighted by Crippen LogP contribution is -2.17. The summed E-state index contributed by atoms with van der Waals surface area (Å²) in [4.78, 5) is 0.112. The van der Waals surface area contributed by atoms with E-state index < -0.39 is 10.0 Å². The van der Waals surface area contributed by atoms with Crippen molar-refractivity contribution >= 4 is 20.8 Å². The summed E-state index contributed by atoms with van der Waals surface area (Å²) < 4.78 is 43.3. The second-order valence-corrected chi connectivity index (χ2v) is 9.27. The topological polar surface area (TPSA) is 81.4 Å². The molecule has 0 fully saturated rings. The van der Waals surface area contributed by atoms with Crippen molar-refractivity contribution in [3.8, 4) is 16.9 Å². The number of hydrogen-bond acceptors (Lipinski definition) is 4. The first-order chi connectivity index (χ1) is 15.9. The molecule has 170 valence electrons. The van der Waals surface area contributed by atoms with Gasteiger partial charge in [0.2, 0.25) is 10.0 Å². The minimum Gasteiger partial charge on any atom is -0.493 e. The molecule has 0 aliphatic rings. The quantitative estimate of drug-likeness (QED) is 0.347. The molecule has 5 nitrogen and oxygen atoms in total. The molecule has 0 aliphatic carbocycles. The molecule has 4 rings (SSSR count). The van der Waals surface area contributed by atoms with E-state index in [4.69, 9.17) is 9.88 Å². The third-order valence-electron chi connectivity index (χ3n) is 5.30. The zero-order valence-corrected chi connectivity index (χ0v) is 18.8. The van der Waals surface area contributed by atoms with Crippen LogP contribution in [0.4, 0.5) is 4.39 Å². The van der Waals surface area contributed by atoms with Gasteiger partial charge in [0.25, 0.3) is 0 Å². The molecule has 0 unspecified atom stereocenters. The van der Waals surface area contributed by atoms with Crippen molar-refractivity contribution < 1.29 is 17.5 Å². The lowest BCUT2D eigenvalue weighted by Gasteiger charge is -2.14. The van der Waals surface area contributed by atoms with Gasteiger partial charge in [-0.05, 0) is 59.1 Å². The molecule has 4 aromatic carbocycles. The van der Waals surface area contributed by atoms with Crippen LogP contribution in [0.2, 0.25) is 0 Å². The minimum atomic E-state index is -3.89. The molecule has 0 bridgehead atoms. The summed E-state index contributed by atoms with van der Waals surface area (Å²) in [7, 11) is -3.89. The fourth-order valence-electron chi connectivity index (χ4n) is 3.80. The Kier molecular flexibility index (Phi) is 7.03. The third kappa shape index (κ3) is 5.76. The van der Waals surface area contributed by atoms with E-state index in [1.807, 2.05) is 48.5 Å². The molecule has 0 aromatic heterocycles. The Hall–Kier alpha value is -3.26. The third-order valence-corrected chi connectivity index (χ3v) is 6.26. The van der Waals surface area contributed by atoms with E-state index in [1.54, 1.807) is 24.3 Å². The van der Waals surface area contributed by atoms with E-state index >= 15 is 0 Å². The molecule has 0 radical (unpaired) electrons. The molecule has 0 spiro atoms. The standard InChI is InChI=1S/C26H25FN2O3S/c27-22-9-4-10-23(17-22)32-15-5-14-29-18-19-6-3-8-21(16-19)26-24-11-2-1-7-20(24)12-13-25(26)33(28,30)31/h1-4,6-13,16-17,29H,5,14-15,18H2,(H2,28,30,31). The Bertz CT molecular complexity index is 1370. The van der Waals surface area contributed by atoms with Crippen molar-refractivity contribution in [1.29, 1.82) is 0 Å². The van der Waals surface area contributed by atoms with Gasteiger partial charge in [0, 0.05) is 18.2 Å². The number of rotatable bonds is 9. The van der Waals surface area contributed by atoms with Gasteiger partial charge in [-0.3, -0.25) is 0 Å². The average molecular weight is 465 g/mol. The maximum Gasteiger partial charge on any atom is 0.238 e. The summed E-state index contributed by atoms with van der Waals surface area (Å²) in [5.41, 5.74) is 2.43. The van der Waals surface area contributed by atoms with E-state index in [1.165, 1.54) is 12.1 Å². The Morgan fingerprint density at radius 1 is 0.909 bits per heavy atom. The van der Waals surface area contributed by atoms with Crippen LogP contribution in [0.25, 0.3) is 21.9 Å². The monoisotopic (exact) mass is 464 g/mol. The zero-order chi connectivity index (χ0) is 23.3. The normalized spacial score (nSPS) is 11.6. The largest absolute Gasteiger partial charge is 0.493 e. The Labute approximate surface area is 193 Å². The summed E-state index contributed by atoms with van der Waals surface area (Å²) in [6.07, 6.45) is 0.759. The van der Waals surface area contributed by atoms with Gasteiger partial charge in [0.1, 0.15) is 11.6 Å². The van der Waals surface area contributed by atoms with Gasteiger partial charge in [-0.15, -0.1) is 0 Å². The second kappa shape index (κ2) is 10.1. The molecular formula is C26H25FN2O3S. The average Bonchev–Trinajstić information content (AvgIpc) is 2.80. The summed E-state index contributed by atoms with van der Waals surface area (Å²) in [6, 6.07) is 24.9. The van der Waals surface area contributed by atoms with Crippen LogP contribution in [-0.4, -0.2) is 21.6 Å². The summed E-state index contributed by atoms with van der Waals surface area (Å²) >= 11 is 0. The molecular weight excluding hydrogens is 439 g/mol. The van der Waals surface area contributed by atoms with Crippen LogP contribution < -0.4 is 15.2 Å². The molecule has 0 atom stereocenters. The van der Waals surface area contributed by atoms with Crippen molar-refractivity contribution in [3.63, 3.8) is 0 Å². The maximum absolute atomic E-state index is 13.2. The van der Waals surface area contributed by atoms with Crippen molar-refractivity contribution in [2.45, 2.75) is 17.9 Å². The summed E-state index contributed by atoms with van der Waals surface area (Å²) in [5, 5.41) is 10.7. The molecule has 0 heterocycles. The molecule has 33 heavy (non-hydrogen) atoms. The number of nitrogens with two attached hydrogens (primary N) is 1. The van der Waals surface area contributed by atoms with Crippen LogP contribution in [0.3, 0.4) is 0 Å². The highest BCUT2D eigenvalue weighted by Crippen LogP contribution is 2.34. The van der Waals surface area contributed by atoms with Crippen LogP contribution in [0.1, 0.15) is 12.0 Å². The van der Waals surface area contributed by atoms with Gasteiger partial charge >= 0.3 is 0 Å². The van der Waals surface area contributed by atoms with Crippen LogP contribution in [0.15, 0.2) is 89.8 Å². The SMILES string of the molecule is NS(=O)(=O)c1ccc2ccccc2c1-c1cccc(CNCCCOc2cccc(F)c2)c1. The lowest BCUT2D eigenvalue weighted by atomic mass is 9.97. The summed E-state index contributed by atoms with van der Waals surface area (Å²) in [5.74, 6) is 0.200. The van der Waals surface area contributed by atoms with Gasteiger partial charge in [0.05, 0.1) is 11.5 Å². The minimum absolute atomic E-state index is 0.112. The molecule has 4 aromatic rings. The van der Waals surface area contributed by atoms with Crippen LogP contribution in [-0.2, 0) is 16.6 Å². The van der Waals surface area contributed by atoms with Crippen molar-refractivity contribution in [2.75, 3.05) is 13.2 Å². The first-order valence-electron chi connectivity index (χ1n) is 10.6. The molecule has 7 heteroatoms. The first kappa shape index (κ1) is 22.9. The number of ether oxygens (including phenoxy) is 1. The highest BCUT2D eigenvalue weighted by molar-refractivity contribution is 7.89. The van der Waals surface area contributed by atoms with Gasteiger partial charge in [-0.1, -0.05) is 54.6 Å². The van der Waals surface area contributed by atoms with Crippen LogP contribution >= 0.6 is 0 Å². The Morgan fingerprint density at radius 2 is 1.73 bits per heavy atom. The number of halogens is 1. The van der Waals surface area contributed by atoms with Crippen molar-refractivity contribution in [2.24, 2.45) is 5.14 Å².